The van der Waals surface area contributed by atoms with Crippen LogP contribution in [-0.4, -0.2) is 33.4 Å². The van der Waals surface area contributed by atoms with Crippen LogP contribution in [0.3, 0.4) is 0 Å². The van der Waals surface area contributed by atoms with E-state index in [-0.39, 0.29) is 11.5 Å². The van der Waals surface area contributed by atoms with Gasteiger partial charge in [-0.25, -0.2) is 13.8 Å². The standard InChI is InChI=1S/C17H19F2N3O/c1-12-20-6-9-22(12)11-13-4-7-21(8-5-13)17(23)15-3-2-14(18)10-16(15)19/h2-3,6,9-10,13H,4-5,7-8,11H2,1H3. The van der Waals surface area contributed by atoms with E-state index in [4.69, 9.17) is 0 Å². The van der Waals surface area contributed by atoms with Gasteiger partial charge >= 0.3 is 0 Å². The summed E-state index contributed by atoms with van der Waals surface area (Å²) in [6.45, 7) is 4.04. The number of hydrogen-bond donors (Lipinski definition) is 0. The second kappa shape index (κ2) is 6.48. The van der Waals surface area contributed by atoms with Crippen LogP contribution in [0, 0.1) is 24.5 Å². The number of carbonyl (C=O) groups excluding carboxylic acids is 1. The fraction of sp³-hybridized carbons (Fsp3) is 0.412. The summed E-state index contributed by atoms with van der Waals surface area (Å²) in [5, 5.41) is 0. The third-order valence-corrected chi connectivity index (χ3v) is 4.44. The van der Waals surface area contributed by atoms with Crippen LogP contribution in [0.5, 0.6) is 0 Å². The molecule has 1 saturated heterocycles. The predicted octanol–water partition coefficient (Wildman–Crippen LogP) is 3.02. The van der Waals surface area contributed by atoms with Crippen LogP contribution >= 0.6 is 0 Å². The minimum Gasteiger partial charge on any atom is -0.339 e. The van der Waals surface area contributed by atoms with Crippen LogP contribution in [0.2, 0.25) is 0 Å². The molecule has 0 radical (unpaired) electrons. The molecule has 0 unspecified atom stereocenters. The number of imidazole rings is 1. The number of benzene rings is 1. The van der Waals surface area contributed by atoms with E-state index in [1.807, 2.05) is 13.1 Å². The Balaban J connectivity index is 1.60. The van der Waals surface area contributed by atoms with Crippen LogP contribution in [0.25, 0.3) is 0 Å². The van der Waals surface area contributed by atoms with E-state index in [9.17, 15) is 13.6 Å². The summed E-state index contributed by atoms with van der Waals surface area (Å²) in [5.74, 6) is -0.374. The van der Waals surface area contributed by atoms with E-state index in [1.54, 1.807) is 11.1 Å². The molecule has 122 valence electrons. The van der Waals surface area contributed by atoms with E-state index in [1.165, 1.54) is 6.07 Å². The molecule has 4 nitrogen and oxygen atoms in total. The number of amides is 1. The number of rotatable bonds is 3. The lowest BCUT2D eigenvalue weighted by atomic mass is 9.96. The Morgan fingerprint density at radius 3 is 2.65 bits per heavy atom. The summed E-state index contributed by atoms with van der Waals surface area (Å²) in [6.07, 6.45) is 5.48. The van der Waals surface area contributed by atoms with Crippen molar-refractivity contribution in [1.82, 2.24) is 14.5 Å². The van der Waals surface area contributed by atoms with Gasteiger partial charge in [0.25, 0.3) is 5.91 Å². The first-order valence-corrected chi connectivity index (χ1v) is 7.76. The minimum atomic E-state index is -0.800. The summed E-state index contributed by atoms with van der Waals surface area (Å²) < 4.78 is 28.8. The number of hydrogen-bond acceptors (Lipinski definition) is 2. The van der Waals surface area contributed by atoms with Gasteiger partial charge in [0.15, 0.2) is 0 Å². The topological polar surface area (TPSA) is 38.1 Å². The fourth-order valence-corrected chi connectivity index (χ4v) is 3.03. The van der Waals surface area contributed by atoms with Gasteiger partial charge in [-0.2, -0.15) is 0 Å². The number of likely N-dealkylation sites (tertiary alicyclic amines) is 1. The third-order valence-electron chi connectivity index (χ3n) is 4.44. The van der Waals surface area contributed by atoms with Crippen LogP contribution in [0.4, 0.5) is 8.78 Å². The molecule has 0 bridgehead atoms. The molecule has 0 N–H and O–H groups in total. The minimum absolute atomic E-state index is 0.0599. The van der Waals surface area contributed by atoms with Crippen LogP contribution in [0.1, 0.15) is 29.0 Å². The average molecular weight is 319 g/mol. The number of nitrogens with zero attached hydrogens (tertiary/aromatic N) is 3. The van der Waals surface area contributed by atoms with Crippen molar-refractivity contribution in [1.29, 1.82) is 0 Å². The molecule has 1 aromatic heterocycles. The van der Waals surface area contributed by atoms with E-state index >= 15 is 0 Å². The van der Waals surface area contributed by atoms with Crippen molar-refractivity contribution >= 4 is 5.91 Å². The van der Waals surface area contributed by atoms with Crippen LogP contribution in [-0.2, 0) is 6.54 Å². The SMILES string of the molecule is Cc1nccn1CC1CCN(C(=O)c2ccc(F)cc2F)CC1. The van der Waals surface area contributed by atoms with E-state index in [2.05, 4.69) is 9.55 Å². The monoisotopic (exact) mass is 319 g/mol. The lowest BCUT2D eigenvalue weighted by molar-refractivity contribution is 0.0677. The smallest absolute Gasteiger partial charge is 0.256 e. The maximum absolute atomic E-state index is 13.7. The predicted molar refractivity (Wildman–Crippen MR) is 81.9 cm³/mol. The van der Waals surface area contributed by atoms with Crippen molar-refractivity contribution in [3.05, 3.63) is 53.6 Å². The van der Waals surface area contributed by atoms with Crippen molar-refractivity contribution in [2.75, 3.05) is 13.1 Å². The Bertz CT molecular complexity index is 706. The third kappa shape index (κ3) is 3.41. The van der Waals surface area contributed by atoms with E-state index < -0.39 is 11.6 Å². The number of piperidine rings is 1. The molecule has 0 spiro atoms. The van der Waals surface area contributed by atoms with Crippen molar-refractivity contribution in [3.63, 3.8) is 0 Å². The first-order valence-electron chi connectivity index (χ1n) is 7.76. The van der Waals surface area contributed by atoms with Crippen molar-refractivity contribution < 1.29 is 13.6 Å². The summed E-state index contributed by atoms with van der Waals surface area (Å²) in [4.78, 5) is 18.2. The highest BCUT2D eigenvalue weighted by molar-refractivity contribution is 5.94. The van der Waals surface area contributed by atoms with Gasteiger partial charge in [-0.05, 0) is 37.8 Å². The van der Waals surface area contributed by atoms with Gasteiger partial charge in [0.05, 0.1) is 5.56 Å². The molecular formula is C17H19F2N3O. The Hall–Kier alpha value is -2.24. The largest absolute Gasteiger partial charge is 0.339 e. The Morgan fingerprint density at radius 1 is 1.30 bits per heavy atom. The zero-order valence-corrected chi connectivity index (χ0v) is 13.0. The van der Waals surface area contributed by atoms with Gasteiger partial charge in [0.2, 0.25) is 0 Å². The Kier molecular flexibility index (Phi) is 4.41. The number of carbonyl (C=O) groups is 1. The highest BCUT2D eigenvalue weighted by Gasteiger charge is 2.25. The maximum atomic E-state index is 13.7. The molecule has 1 aliphatic rings. The summed E-state index contributed by atoms with van der Waals surface area (Å²) in [5.41, 5.74) is -0.0599. The highest BCUT2D eigenvalue weighted by atomic mass is 19.1. The molecule has 23 heavy (non-hydrogen) atoms. The van der Waals surface area contributed by atoms with Crippen molar-refractivity contribution in [3.8, 4) is 0 Å². The molecule has 1 fully saturated rings. The zero-order chi connectivity index (χ0) is 16.4. The Labute approximate surface area is 133 Å². The highest BCUT2D eigenvalue weighted by Crippen LogP contribution is 2.22. The first-order chi connectivity index (χ1) is 11.0. The van der Waals surface area contributed by atoms with Gasteiger partial charge in [0, 0.05) is 38.1 Å². The van der Waals surface area contributed by atoms with E-state index in [0.29, 0.717) is 19.0 Å². The van der Waals surface area contributed by atoms with Crippen LogP contribution < -0.4 is 0 Å². The summed E-state index contributed by atoms with van der Waals surface area (Å²) in [7, 11) is 0. The number of aromatic nitrogens is 2. The van der Waals surface area contributed by atoms with Gasteiger partial charge < -0.3 is 9.47 Å². The first kappa shape index (κ1) is 15.6. The van der Waals surface area contributed by atoms with Crippen molar-refractivity contribution in [2.24, 2.45) is 5.92 Å². The summed E-state index contributed by atoms with van der Waals surface area (Å²) >= 11 is 0. The zero-order valence-electron chi connectivity index (χ0n) is 13.0. The van der Waals surface area contributed by atoms with E-state index in [0.717, 1.165) is 37.3 Å². The van der Waals surface area contributed by atoms with Crippen LogP contribution in [0.15, 0.2) is 30.6 Å². The molecule has 1 amide bonds. The van der Waals surface area contributed by atoms with Gasteiger partial charge in [-0.15, -0.1) is 0 Å². The maximum Gasteiger partial charge on any atom is 0.256 e. The summed E-state index contributed by atoms with van der Waals surface area (Å²) in [6, 6.07) is 3.08. The van der Waals surface area contributed by atoms with Gasteiger partial charge in [0.1, 0.15) is 17.5 Å². The second-order valence-electron chi connectivity index (χ2n) is 5.99. The molecule has 2 aromatic rings. The van der Waals surface area contributed by atoms with Gasteiger partial charge in [-0.1, -0.05) is 0 Å². The lowest BCUT2D eigenvalue weighted by Crippen LogP contribution is -2.39. The second-order valence-corrected chi connectivity index (χ2v) is 5.99. The molecule has 1 aromatic carbocycles. The van der Waals surface area contributed by atoms with Crippen molar-refractivity contribution in [2.45, 2.75) is 26.3 Å². The lowest BCUT2D eigenvalue weighted by Gasteiger charge is -2.32. The fourth-order valence-electron chi connectivity index (χ4n) is 3.03. The number of aryl methyl sites for hydroxylation is 1. The normalized spacial score (nSPS) is 15.9. The molecule has 6 heteroatoms. The van der Waals surface area contributed by atoms with Gasteiger partial charge in [-0.3, -0.25) is 4.79 Å². The molecule has 1 aliphatic heterocycles. The molecule has 0 aliphatic carbocycles. The molecule has 2 heterocycles. The average Bonchev–Trinajstić information content (AvgIpc) is 2.93. The molecular weight excluding hydrogens is 300 g/mol. The Morgan fingerprint density at radius 2 is 2.04 bits per heavy atom. The number of halogens is 2. The molecule has 0 saturated carbocycles. The molecule has 3 rings (SSSR count). The quantitative estimate of drug-likeness (QED) is 0.872. The molecule has 0 atom stereocenters.